The van der Waals surface area contributed by atoms with Gasteiger partial charge in [0, 0.05) is 12.7 Å². The molecule has 1 aromatic carbocycles. The molecule has 0 unspecified atom stereocenters. The van der Waals surface area contributed by atoms with Crippen molar-refractivity contribution in [3.05, 3.63) is 35.7 Å². The molecule has 0 bridgehead atoms. The van der Waals surface area contributed by atoms with Gasteiger partial charge in [-0.15, -0.1) is 5.10 Å². The molecule has 0 spiro atoms. The Morgan fingerprint density at radius 2 is 1.90 bits per heavy atom. The van der Waals surface area contributed by atoms with Gasteiger partial charge >= 0.3 is 0 Å². The number of benzene rings is 1. The van der Waals surface area contributed by atoms with Gasteiger partial charge in [0.2, 0.25) is 5.91 Å². The van der Waals surface area contributed by atoms with Crippen LogP contribution in [0.2, 0.25) is 0 Å². The smallest absolute Gasteiger partial charge is 0.232 e. The number of amides is 1. The summed E-state index contributed by atoms with van der Waals surface area (Å²) in [5.41, 5.74) is 2.11. The molecule has 1 aromatic heterocycles. The predicted octanol–water partition coefficient (Wildman–Crippen LogP) is 1.69. The molecule has 2 rings (SSSR count). The first kappa shape index (κ1) is 14.2. The van der Waals surface area contributed by atoms with E-state index >= 15 is 0 Å². The lowest BCUT2D eigenvalue weighted by molar-refractivity contribution is -0.115. The lowest BCUT2D eigenvalue weighted by atomic mass is 9.87. The van der Waals surface area contributed by atoms with Gasteiger partial charge in [-0.05, 0) is 33.5 Å². The number of anilines is 1. The lowest BCUT2D eigenvalue weighted by Gasteiger charge is -2.19. The first-order chi connectivity index (χ1) is 9.36. The Labute approximate surface area is 118 Å². The number of carbonyl (C=O) groups is 1. The Balaban J connectivity index is 2.00. The highest BCUT2D eigenvalue weighted by atomic mass is 16.1. The number of hydrogen-bond donors (Lipinski definition) is 1. The van der Waals surface area contributed by atoms with Gasteiger partial charge in [0.15, 0.2) is 5.82 Å². The number of carbonyl (C=O) groups excluding carboxylic acids is 1. The minimum atomic E-state index is -0.133. The fraction of sp³-hybridized carbons (Fsp3) is 0.429. The molecule has 0 atom stereocenters. The number of hydrogen-bond acceptors (Lipinski definition) is 4. The normalized spacial score (nSPS) is 11.4. The van der Waals surface area contributed by atoms with E-state index in [4.69, 9.17) is 0 Å². The van der Waals surface area contributed by atoms with Crippen LogP contribution in [0.25, 0.3) is 0 Å². The summed E-state index contributed by atoms with van der Waals surface area (Å²) in [7, 11) is 1.71. The topological polar surface area (TPSA) is 72.7 Å². The van der Waals surface area contributed by atoms with Gasteiger partial charge in [-0.2, -0.15) is 0 Å². The highest BCUT2D eigenvalue weighted by Gasteiger charge is 2.14. The molecule has 2 aromatic rings. The molecule has 0 saturated carbocycles. The van der Waals surface area contributed by atoms with Gasteiger partial charge in [0.05, 0.1) is 6.42 Å². The molecule has 0 saturated heterocycles. The molecule has 20 heavy (non-hydrogen) atoms. The zero-order chi connectivity index (χ0) is 14.8. The van der Waals surface area contributed by atoms with Crippen molar-refractivity contribution in [3.63, 3.8) is 0 Å². The summed E-state index contributed by atoms with van der Waals surface area (Å²) in [4.78, 5) is 11.9. The Hall–Kier alpha value is -2.24. The third-order valence-electron chi connectivity index (χ3n) is 3.06. The van der Waals surface area contributed by atoms with Crippen molar-refractivity contribution in [1.82, 2.24) is 20.2 Å². The molecule has 6 heteroatoms. The van der Waals surface area contributed by atoms with Gasteiger partial charge in [-0.3, -0.25) is 4.79 Å². The highest BCUT2D eigenvalue weighted by molar-refractivity contribution is 5.91. The van der Waals surface area contributed by atoms with Crippen LogP contribution in [0.5, 0.6) is 0 Å². The summed E-state index contributed by atoms with van der Waals surface area (Å²) in [5, 5.41) is 13.8. The minimum absolute atomic E-state index is 0.104. The van der Waals surface area contributed by atoms with Crippen LogP contribution in [0.4, 0.5) is 5.69 Å². The van der Waals surface area contributed by atoms with Gasteiger partial charge in [0.1, 0.15) is 0 Å². The van der Waals surface area contributed by atoms with E-state index in [1.165, 1.54) is 10.2 Å². The molecule has 0 radical (unpaired) electrons. The van der Waals surface area contributed by atoms with Gasteiger partial charge in [0.25, 0.3) is 0 Å². The predicted molar refractivity (Wildman–Crippen MR) is 76.3 cm³/mol. The van der Waals surface area contributed by atoms with Crippen molar-refractivity contribution in [2.24, 2.45) is 7.05 Å². The maximum atomic E-state index is 11.9. The van der Waals surface area contributed by atoms with Crippen LogP contribution in [-0.4, -0.2) is 26.1 Å². The highest BCUT2D eigenvalue weighted by Crippen LogP contribution is 2.23. The van der Waals surface area contributed by atoms with Crippen molar-refractivity contribution in [3.8, 4) is 0 Å². The molecule has 0 aliphatic rings. The van der Waals surface area contributed by atoms with Gasteiger partial charge in [-0.25, -0.2) is 4.68 Å². The summed E-state index contributed by atoms with van der Waals surface area (Å²) >= 11 is 0. The molecule has 106 valence electrons. The number of nitrogens with one attached hydrogen (secondary N) is 1. The van der Waals surface area contributed by atoms with E-state index in [2.05, 4.69) is 41.6 Å². The summed E-state index contributed by atoms with van der Waals surface area (Å²) in [6.45, 7) is 6.46. The Morgan fingerprint density at radius 1 is 1.25 bits per heavy atom. The average molecular weight is 273 g/mol. The Morgan fingerprint density at radius 3 is 2.40 bits per heavy atom. The second kappa shape index (κ2) is 5.40. The largest absolute Gasteiger partial charge is 0.326 e. The Bertz CT molecular complexity index is 595. The zero-order valence-electron chi connectivity index (χ0n) is 12.2. The first-order valence-corrected chi connectivity index (χ1v) is 6.48. The van der Waals surface area contributed by atoms with Crippen molar-refractivity contribution < 1.29 is 4.79 Å². The van der Waals surface area contributed by atoms with E-state index in [0.29, 0.717) is 5.82 Å². The standard InChI is InChI=1S/C14H19N5O/c1-14(2,3)10-5-7-11(8-6-10)15-13(20)9-12-16-17-18-19(12)4/h5-8H,9H2,1-4H3,(H,15,20). The van der Waals surface area contributed by atoms with Crippen LogP contribution in [0, 0.1) is 0 Å². The van der Waals surface area contributed by atoms with E-state index in [1.54, 1.807) is 7.05 Å². The van der Waals surface area contributed by atoms with Crippen LogP contribution in [0.1, 0.15) is 32.2 Å². The number of tetrazole rings is 1. The average Bonchev–Trinajstić information content (AvgIpc) is 2.74. The van der Waals surface area contributed by atoms with Crippen molar-refractivity contribution in [2.45, 2.75) is 32.6 Å². The van der Waals surface area contributed by atoms with Crippen molar-refractivity contribution in [2.75, 3.05) is 5.32 Å². The fourth-order valence-corrected chi connectivity index (χ4v) is 1.80. The summed E-state index contributed by atoms with van der Waals surface area (Å²) in [6, 6.07) is 7.87. The summed E-state index contributed by atoms with van der Waals surface area (Å²) in [5.74, 6) is 0.403. The fourth-order valence-electron chi connectivity index (χ4n) is 1.80. The molecular weight excluding hydrogens is 254 g/mol. The third-order valence-corrected chi connectivity index (χ3v) is 3.06. The van der Waals surface area contributed by atoms with Crippen molar-refractivity contribution in [1.29, 1.82) is 0 Å². The lowest BCUT2D eigenvalue weighted by Crippen LogP contribution is -2.17. The number of aromatic nitrogens is 4. The van der Waals surface area contributed by atoms with Gasteiger partial charge < -0.3 is 5.32 Å². The van der Waals surface area contributed by atoms with E-state index in [1.807, 2.05) is 24.3 Å². The van der Waals surface area contributed by atoms with E-state index in [-0.39, 0.29) is 17.7 Å². The van der Waals surface area contributed by atoms with Crippen LogP contribution < -0.4 is 5.32 Å². The van der Waals surface area contributed by atoms with Crippen LogP contribution in [0.3, 0.4) is 0 Å². The van der Waals surface area contributed by atoms with Crippen LogP contribution in [0.15, 0.2) is 24.3 Å². The van der Waals surface area contributed by atoms with Crippen molar-refractivity contribution >= 4 is 11.6 Å². The molecule has 0 aliphatic carbocycles. The number of rotatable bonds is 3. The summed E-state index contributed by atoms with van der Waals surface area (Å²) < 4.78 is 1.49. The van der Waals surface area contributed by atoms with E-state index in [0.717, 1.165) is 5.69 Å². The first-order valence-electron chi connectivity index (χ1n) is 6.48. The molecule has 0 aliphatic heterocycles. The van der Waals surface area contributed by atoms with E-state index in [9.17, 15) is 4.79 Å². The SMILES string of the molecule is Cn1nnnc1CC(=O)Nc1ccc(C(C)(C)C)cc1. The maximum Gasteiger partial charge on any atom is 0.232 e. The quantitative estimate of drug-likeness (QED) is 0.923. The molecule has 1 heterocycles. The molecule has 6 nitrogen and oxygen atoms in total. The Kier molecular flexibility index (Phi) is 3.83. The monoisotopic (exact) mass is 273 g/mol. The number of nitrogens with zero attached hydrogens (tertiary/aromatic N) is 4. The molecular formula is C14H19N5O. The number of aryl methyl sites for hydroxylation is 1. The molecule has 1 amide bonds. The minimum Gasteiger partial charge on any atom is -0.326 e. The summed E-state index contributed by atoms with van der Waals surface area (Å²) in [6.07, 6.45) is 0.157. The molecule has 0 fully saturated rings. The van der Waals surface area contributed by atoms with E-state index < -0.39 is 0 Å². The zero-order valence-corrected chi connectivity index (χ0v) is 12.2. The van der Waals surface area contributed by atoms with Gasteiger partial charge in [-0.1, -0.05) is 32.9 Å². The molecule has 1 N–H and O–H groups in total. The maximum absolute atomic E-state index is 11.9. The second-order valence-electron chi connectivity index (χ2n) is 5.77. The second-order valence-corrected chi connectivity index (χ2v) is 5.77. The van der Waals surface area contributed by atoms with Crippen LogP contribution >= 0.6 is 0 Å². The van der Waals surface area contributed by atoms with Crippen LogP contribution in [-0.2, 0) is 23.7 Å². The third kappa shape index (κ3) is 3.40.